The van der Waals surface area contributed by atoms with Gasteiger partial charge >= 0.3 is 34.6 Å². The monoisotopic (exact) mass is 1540 g/mol. The van der Waals surface area contributed by atoms with Crippen molar-refractivity contribution in [1.29, 1.82) is 5.26 Å². The Balaban J connectivity index is 0.000000238. The van der Waals surface area contributed by atoms with Crippen molar-refractivity contribution in [3.05, 3.63) is 211 Å². The number of ether oxygens (including phenoxy) is 4. The Labute approximate surface area is 598 Å². The van der Waals surface area contributed by atoms with Crippen LogP contribution < -0.4 is 4.72 Å². The molecule has 97 heavy (non-hydrogen) atoms. The summed E-state index contributed by atoms with van der Waals surface area (Å²) in [7, 11) is -2.60. The Morgan fingerprint density at radius 3 is 1.15 bits per heavy atom. The first-order chi connectivity index (χ1) is 45.3. The number of methoxy groups -OCH3 is 1. The van der Waals surface area contributed by atoms with E-state index >= 15 is 0 Å². The summed E-state index contributed by atoms with van der Waals surface area (Å²) in [6.45, 7) is 23.0. The van der Waals surface area contributed by atoms with Crippen molar-refractivity contribution in [1.82, 2.24) is 19.4 Å². The Morgan fingerprint density at radius 1 is 0.577 bits per heavy atom. The summed E-state index contributed by atoms with van der Waals surface area (Å²) in [4.78, 5) is 66.9. The molecule has 3 aliphatic heterocycles. The lowest BCUT2D eigenvalue weighted by Gasteiger charge is -2.45. The number of nitrogens with one attached hydrogen (secondary N) is 1. The third-order valence-electron chi connectivity index (χ3n) is 18.1. The van der Waals surface area contributed by atoms with Crippen LogP contribution in [0.4, 0.5) is 19.2 Å². The summed E-state index contributed by atoms with van der Waals surface area (Å²) in [5, 5.41) is 20.0. The molecule has 0 saturated carbocycles. The van der Waals surface area contributed by atoms with Gasteiger partial charge in [0.1, 0.15) is 22.6 Å². The molecule has 0 aliphatic carbocycles. The van der Waals surface area contributed by atoms with Gasteiger partial charge in [-0.3, -0.25) is 4.79 Å². The second kappa shape index (κ2) is 35.0. The molecule has 0 unspecified atom stereocenters. The number of rotatable bonds is 20. The van der Waals surface area contributed by atoms with Crippen molar-refractivity contribution in [2.75, 3.05) is 46.4 Å². The highest BCUT2D eigenvalue weighted by molar-refractivity contribution is 9.11. The van der Waals surface area contributed by atoms with Gasteiger partial charge in [-0.25, -0.2) is 23.1 Å². The molecule has 3 heterocycles. The lowest BCUT2D eigenvalue weighted by atomic mass is 9.75. The molecule has 6 aromatic rings. The molecule has 3 aliphatic rings. The summed E-state index contributed by atoms with van der Waals surface area (Å²) < 4.78 is 50.8. The van der Waals surface area contributed by atoms with Crippen LogP contribution in [0.1, 0.15) is 166 Å². The molecule has 23 heteroatoms. The van der Waals surface area contributed by atoms with E-state index in [1.54, 1.807) is 49.3 Å². The van der Waals surface area contributed by atoms with Crippen molar-refractivity contribution in [3.8, 4) is 6.07 Å². The molecule has 6 atom stereocenters. The maximum absolute atomic E-state index is 13.1. The quantitative estimate of drug-likeness (QED) is 0.0533. The fraction of sp³-hybridized carbons (Fsp3) is 0.432. The van der Waals surface area contributed by atoms with E-state index in [1.807, 2.05) is 203 Å². The second-order valence-electron chi connectivity index (χ2n) is 25.8. The third-order valence-corrected chi connectivity index (χ3v) is 21.9. The minimum Gasteiger partial charge on any atom is -0.870 e. The largest absolute Gasteiger partial charge is 0.870 e. The van der Waals surface area contributed by atoms with E-state index in [4.69, 9.17) is 14.2 Å². The molecule has 9 rings (SSSR count). The van der Waals surface area contributed by atoms with Gasteiger partial charge in [0.05, 0.1) is 68.4 Å². The average Bonchev–Trinajstić information content (AvgIpc) is 0.792. The van der Waals surface area contributed by atoms with Gasteiger partial charge in [-0.1, -0.05) is 175 Å². The van der Waals surface area contributed by atoms with Crippen molar-refractivity contribution in [2.45, 2.75) is 155 Å². The first-order valence-corrected chi connectivity index (χ1v) is 36.1. The van der Waals surface area contributed by atoms with E-state index in [0.29, 0.717) is 71.4 Å². The molecular formula is C74H93Br3N6O13S. The summed E-state index contributed by atoms with van der Waals surface area (Å²) in [5.74, 6) is 0.0102. The van der Waals surface area contributed by atoms with Gasteiger partial charge < -0.3 is 44.2 Å². The number of ketones is 1. The fourth-order valence-corrected chi connectivity index (χ4v) is 14.9. The standard InChI is InChI=1S/C23H25BrN2O2.C22H26BrNO3.C21H22BrNO3.C8H18N2O4S.H2O/c1-17(18-9-11-20(24)12-10-18)26-14-13-23(28-21(26)27,15-22(2,3)16-25)19-7-5-4-6-8-19;1-16(17-9-11-19(23)12-10-17)24-14-13-22(27-20(24)25,15-21(2,3)26)18-7-5-4-6-8-18;1-15(24)14-21(18-6-4-3-5-7-18)12-13-23(20(25)26-21)16(2)17-8-10-19(22)11-9-17;1-5-10(6-2,7-3)15(12,13)9-8(11)14-4;/h4-12,17H,13-15H2,1-3H3;4-12,16,26H,13-15H2,1-3H3;3-11,16H,12-14H2,1-2H3;5-7H2,1-4H3;1H2/t17-,23-;16-,22-;16-,21-;;/m000../s1. The van der Waals surface area contributed by atoms with Crippen LogP contribution in [0.2, 0.25) is 0 Å². The summed E-state index contributed by atoms with van der Waals surface area (Å²) in [6.07, 6.45) is 0.881. The predicted molar refractivity (Wildman–Crippen MR) is 384 cm³/mol. The number of hydrogen-bond donors (Lipinski definition) is 2. The highest BCUT2D eigenvalue weighted by Crippen LogP contribution is 2.46. The Bertz CT molecular complexity index is 3700. The molecule has 3 N–H and O–H groups in total. The van der Waals surface area contributed by atoms with Crippen LogP contribution in [0.3, 0.4) is 0 Å². The Hall–Kier alpha value is -7.17. The van der Waals surface area contributed by atoms with E-state index in [9.17, 15) is 42.8 Å². The van der Waals surface area contributed by atoms with Crippen LogP contribution in [0.5, 0.6) is 0 Å². The van der Waals surface area contributed by atoms with Crippen molar-refractivity contribution in [3.63, 3.8) is 0 Å². The number of cyclic esters (lactones) is 3. The number of Topliss-reactive ketones (excluding diaryl/α,β-unsaturated/α-hetero) is 1. The Kier molecular flexibility index (Phi) is 29.1. The third kappa shape index (κ3) is 20.9. The summed E-state index contributed by atoms with van der Waals surface area (Å²) in [5.41, 5.74) is 1.89. The predicted octanol–water partition coefficient (Wildman–Crippen LogP) is 17.1. The lowest BCUT2D eigenvalue weighted by molar-refractivity contribution is -0.801. The molecule has 0 bridgehead atoms. The molecule has 524 valence electrons. The second-order valence-corrected chi connectivity index (χ2v) is 30.5. The van der Waals surface area contributed by atoms with Crippen LogP contribution in [-0.2, 0) is 50.8 Å². The van der Waals surface area contributed by atoms with Crippen LogP contribution in [-0.4, -0.2) is 120 Å². The molecule has 6 aromatic carbocycles. The van der Waals surface area contributed by atoms with E-state index in [1.165, 1.54) is 6.92 Å². The zero-order valence-electron chi connectivity index (χ0n) is 57.5. The summed E-state index contributed by atoms with van der Waals surface area (Å²) in [6, 6.07) is 55.1. The number of halogens is 3. The number of nitriles is 1. The molecule has 0 radical (unpaired) electrons. The lowest BCUT2D eigenvalue weighted by Crippen LogP contribution is -2.58. The van der Waals surface area contributed by atoms with Crippen LogP contribution in [0.15, 0.2) is 177 Å². The van der Waals surface area contributed by atoms with E-state index in [2.05, 4.69) is 58.6 Å². The first-order valence-electron chi connectivity index (χ1n) is 32.3. The topological polar surface area (TPSA) is 252 Å². The number of nitrogens with zero attached hydrogens (tertiary/aromatic N) is 5. The molecule has 0 spiro atoms. The number of amides is 4. The van der Waals surface area contributed by atoms with Crippen molar-refractivity contribution in [2.24, 2.45) is 5.41 Å². The van der Waals surface area contributed by atoms with Crippen molar-refractivity contribution >= 4 is 88.2 Å². The number of aliphatic hydroxyl groups is 1. The molecular weight excluding hydrogens is 1450 g/mol. The first kappa shape index (κ1) is 80.5. The van der Waals surface area contributed by atoms with Gasteiger partial charge in [0.2, 0.25) is 0 Å². The highest BCUT2D eigenvalue weighted by Gasteiger charge is 2.49. The summed E-state index contributed by atoms with van der Waals surface area (Å²) >= 11 is 10.3. The van der Waals surface area contributed by atoms with Gasteiger partial charge in [-0.2, -0.15) is 18.4 Å². The normalized spacial score (nSPS) is 19.7. The number of hydrogen-bond acceptors (Lipinski definition) is 14. The van der Waals surface area contributed by atoms with Gasteiger partial charge in [0.15, 0.2) is 0 Å². The smallest absolute Gasteiger partial charge is 0.424 e. The van der Waals surface area contributed by atoms with Gasteiger partial charge in [0, 0.05) is 65.2 Å². The fourth-order valence-electron chi connectivity index (χ4n) is 12.6. The van der Waals surface area contributed by atoms with Crippen molar-refractivity contribution < 1.29 is 65.8 Å². The molecule has 0 aromatic heterocycles. The van der Waals surface area contributed by atoms with Gasteiger partial charge in [-0.15, -0.1) is 0 Å². The molecule has 19 nitrogen and oxygen atoms in total. The number of carbonyl (C=O) groups is 5. The minimum atomic E-state index is -3.73. The van der Waals surface area contributed by atoms with E-state index in [-0.39, 0.29) is 58.0 Å². The highest BCUT2D eigenvalue weighted by atomic mass is 79.9. The maximum atomic E-state index is 13.1. The van der Waals surface area contributed by atoms with Crippen LogP contribution in [0.25, 0.3) is 0 Å². The van der Waals surface area contributed by atoms with Crippen LogP contribution >= 0.6 is 47.8 Å². The number of quaternary nitrogens is 1. The van der Waals surface area contributed by atoms with E-state index in [0.717, 1.165) is 53.9 Å². The van der Waals surface area contributed by atoms with Crippen LogP contribution in [0, 0.1) is 16.7 Å². The minimum absolute atomic E-state index is 0. The zero-order chi connectivity index (χ0) is 70.9. The zero-order valence-corrected chi connectivity index (χ0v) is 63.0. The maximum Gasteiger partial charge on any atom is 0.424 e. The number of benzene rings is 6. The number of carbonyl (C=O) groups excluding carboxylic acids is 5. The SMILES string of the molecule is CC(=O)C[C@]1(c2ccccc2)CCN([C@@H](C)c2ccc(Br)cc2)C(=O)O1.CC[N+](CC)(CC)S(=O)(=O)NC(=O)OC.C[C@@H](c1ccc(Br)cc1)N1CC[C@](CC(C)(C)C#N)(c2ccccc2)OC1=O.C[C@@H](c1ccc(Br)cc1)N1CC[C@](CC(C)(C)O)(c2ccccc2)OC1=O.[OH-]. The Morgan fingerprint density at radius 2 is 0.876 bits per heavy atom. The molecule has 3 saturated heterocycles. The molecule has 3 fully saturated rings. The average molecular weight is 1550 g/mol. The molecule has 4 amide bonds. The van der Waals surface area contributed by atoms with E-state index < -0.39 is 44.1 Å². The van der Waals surface area contributed by atoms with Gasteiger partial charge in [0.25, 0.3) is 0 Å². The van der Waals surface area contributed by atoms with Gasteiger partial charge in [-0.05, 0) is 146 Å².